The molecule has 0 bridgehead atoms. The van der Waals surface area contributed by atoms with Gasteiger partial charge in [-0.1, -0.05) is 11.6 Å². The van der Waals surface area contributed by atoms with E-state index in [4.69, 9.17) is 17.3 Å². The van der Waals surface area contributed by atoms with Gasteiger partial charge in [0, 0.05) is 24.7 Å². The minimum Gasteiger partial charge on any atom is -0.369 e. The molecule has 2 atom stereocenters. The first-order valence-corrected chi connectivity index (χ1v) is 7.18. The quantitative estimate of drug-likeness (QED) is 0.880. The Labute approximate surface area is 122 Å². The number of likely N-dealkylation sites (tertiary alicyclic amines) is 1. The van der Waals surface area contributed by atoms with E-state index >= 15 is 0 Å². The molecule has 0 amide bonds. The van der Waals surface area contributed by atoms with Crippen LogP contribution in [0.2, 0.25) is 5.02 Å². The van der Waals surface area contributed by atoms with Crippen molar-refractivity contribution >= 4 is 28.6 Å². The van der Waals surface area contributed by atoms with Crippen molar-refractivity contribution in [1.29, 1.82) is 0 Å². The second-order valence-corrected chi connectivity index (χ2v) is 6.01. The maximum Gasteiger partial charge on any atom is 0.201 e. The van der Waals surface area contributed by atoms with Crippen LogP contribution in [0.5, 0.6) is 0 Å². The Balaban J connectivity index is 2.07. The molecule has 2 heterocycles. The van der Waals surface area contributed by atoms with Gasteiger partial charge in [0.1, 0.15) is 5.82 Å². The number of nitrogens with two attached hydrogens (primary N) is 1. The molecule has 0 saturated carbocycles. The molecule has 4 nitrogen and oxygen atoms in total. The highest BCUT2D eigenvalue weighted by Crippen LogP contribution is 2.33. The van der Waals surface area contributed by atoms with E-state index in [0.29, 0.717) is 17.5 Å². The van der Waals surface area contributed by atoms with Crippen LogP contribution < -0.4 is 5.73 Å². The van der Waals surface area contributed by atoms with Crippen molar-refractivity contribution in [3.8, 4) is 0 Å². The van der Waals surface area contributed by atoms with Crippen LogP contribution in [0.25, 0.3) is 11.0 Å². The summed E-state index contributed by atoms with van der Waals surface area (Å²) < 4.78 is 15.5. The highest BCUT2D eigenvalue weighted by atomic mass is 35.5. The lowest BCUT2D eigenvalue weighted by Gasteiger charge is -2.36. The van der Waals surface area contributed by atoms with Crippen molar-refractivity contribution in [2.45, 2.75) is 31.8 Å². The fourth-order valence-corrected chi connectivity index (χ4v) is 3.15. The topological polar surface area (TPSA) is 47.1 Å². The smallest absolute Gasteiger partial charge is 0.201 e. The number of anilines is 1. The molecule has 1 saturated heterocycles. The van der Waals surface area contributed by atoms with Crippen molar-refractivity contribution in [3.63, 3.8) is 0 Å². The minimum absolute atomic E-state index is 0.111. The number of rotatable bonds is 1. The molecule has 0 radical (unpaired) electrons. The van der Waals surface area contributed by atoms with Crippen LogP contribution >= 0.6 is 11.6 Å². The van der Waals surface area contributed by atoms with Crippen LogP contribution in [0.1, 0.15) is 25.8 Å². The number of piperidine rings is 1. The number of nitrogens with zero attached hydrogens (tertiary/aromatic N) is 3. The number of halogens is 2. The van der Waals surface area contributed by atoms with E-state index in [-0.39, 0.29) is 11.1 Å². The SMILES string of the molecule is CC1CC(n2c(N)nc3cc(F)c(Cl)cc32)CCN1C. The molecule has 2 aromatic rings. The lowest BCUT2D eigenvalue weighted by atomic mass is 9.98. The van der Waals surface area contributed by atoms with Crippen LogP contribution in [0, 0.1) is 5.82 Å². The number of benzene rings is 1. The van der Waals surface area contributed by atoms with Crippen LogP contribution in [-0.4, -0.2) is 34.1 Å². The van der Waals surface area contributed by atoms with Gasteiger partial charge < -0.3 is 15.2 Å². The predicted molar refractivity (Wildman–Crippen MR) is 79.5 cm³/mol. The molecule has 0 spiro atoms. The normalized spacial score (nSPS) is 24.4. The average Bonchev–Trinajstić information content (AvgIpc) is 2.69. The molecular weight excluding hydrogens is 279 g/mol. The van der Waals surface area contributed by atoms with Crippen molar-refractivity contribution < 1.29 is 4.39 Å². The summed E-state index contributed by atoms with van der Waals surface area (Å²) in [6.45, 7) is 3.22. The monoisotopic (exact) mass is 296 g/mol. The summed E-state index contributed by atoms with van der Waals surface area (Å²) in [5, 5.41) is 0.111. The van der Waals surface area contributed by atoms with Crippen LogP contribution in [0.15, 0.2) is 12.1 Å². The van der Waals surface area contributed by atoms with E-state index in [1.165, 1.54) is 6.07 Å². The standard InChI is InChI=1S/C14H18ClFN4/c1-8-5-9(3-4-19(8)2)20-13-6-10(15)11(16)7-12(13)18-14(20)17/h6-9H,3-5H2,1-2H3,(H2,17,18). The molecule has 1 aromatic carbocycles. The van der Waals surface area contributed by atoms with Gasteiger partial charge >= 0.3 is 0 Å². The summed E-state index contributed by atoms with van der Waals surface area (Å²) in [7, 11) is 2.13. The fraction of sp³-hybridized carbons (Fsp3) is 0.500. The summed E-state index contributed by atoms with van der Waals surface area (Å²) in [4.78, 5) is 6.59. The first-order chi connectivity index (χ1) is 9.47. The summed E-state index contributed by atoms with van der Waals surface area (Å²) in [5.74, 6) is -0.0241. The lowest BCUT2D eigenvalue weighted by Crippen LogP contribution is -2.38. The van der Waals surface area contributed by atoms with Gasteiger partial charge in [-0.05, 0) is 32.9 Å². The molecule has 1 aliphatic heterocycles. The summed E-state index contributed by atoms with van der Waals surface area (Å²) >= 11 is 5.89. The van der Waals surface area contributed by atoms with Gasteiger partial charge in [-0.3, -0.25) is 0 Å². The molecule has 20 heavy (non-hydrogen) atoms. The summed E-state index contributed by atoms with van der Waals surface area (Å²) in [5.41, 5.74) is 7.42. The third-order valence-electron chi connectivity index (χ3n) is 4.30. The number of aromatic nitrogens is 2. The first-order valence-electron chi connectivity index (χ1n) is 6.80. The van der Waals surface area contributed by atoms with Gasteiger partial charge in [-0.2, -0.15) is 0 Å². The van der Waals surface area contributed by atoms with Crippen LogP contribution in [0.3, 0.4) is 0 Å². The van der Waals surface area contributed by atoms with E-state index < -0.39 is 5.82 Å². The summed E-state index contributed by atoms with van der Waals surface area (Å²) in [6, 6.07) is 3.75. The Morgan fingerprint density at radius 1 is 1.45 bits per heavy atom. The van der Waals surface area contributed by atoms with E-state index in [2.05, 4.69) is 23.9 Å². The molecule has 108 valence electrons. The first kappa shape index (κ1) is 13.6. The van der Waals surface area contributed by atoms with Crippen molar-refractivity contribution in [1.82, 2.24) is 14.5 Å². The molecule has 3 rings (SSSR count). The predicted octanol–water partition coefficient (Wildman–Crippen LogP) is 3.07. The molecular formula is C14H18ClFN4. The fourth-order valence-electron chi connectivity index (χ4n) is 2.99. The molecule has 2 N–H and O–H groups in total. The van der Waals surface area contributed by atoms with Crippen molar-refractivity contribution in [2.24, 2.45) is 0 Å². The molecule has 2 unspecified atom stereocenters. The maximum atomic E-state index is 13.5. The van der Waals surface area contributed by atoms with E-state index in [1.54, 1.807) is 6.07 Å². The zero-order chi connectivity index (χ0) is 14.4. The van der Waals surface area contributed by atoms with Crippen LogP contribution in [-0.2, 0) is 0 Å². The number of fused-ring (bicyclic) bond motifs is 1. The van der Waals surface area contributed by atoms with Crippen LogP contribution in [0.4, 0.5) is 10.3 Å². The Hall–Kier alpha value is -1.33. The molecule has 0 aliphatic carbocycles. The largest absolute Gasteiger partial charge is 0.369 e. The van der Waals surface area contributed by atoms with Gasteiger partial charge in [-0.25, -0.2) is 9.37 Å². The van der Waals surface area contributed by atoms with E-state index in [0.717, 1.165) is 24.9 Å². The Morgan fingerprint density at radius 3 is 2.90 bits per heavy atom. The minimum atomic E-state index is -0.458. The van der Waals surface area contributed by atoms with Crippen molar-refractivity contribution in [3.05, 3.63) is 23.0 Å². The van der Waals surface area contributed by atoms with Gasteiger partial charge in [-0.15, -0.1) is 0 Å². The Morgan fingerprint density at radius 2 is 2.20 bits per heavy atom. The van der Waals surface area contributed by atoms with E-state index in [1.807, 2.05) is 4.57 Å². The van der Waals surface area contributed by atoms with Gasteiger partial charge in [0.2, 0.25) is 5.95 Å². The highest BCUT2D eigenvalue weighted by Gasteiger charge is 2.27. The van der Waals surface area contributed by atoms with Gasteiger partial charge in [0.05, 0.1) is 16.1 Å². The molecule has 1 aliphatic rings. The number of nitrogen functional groups attached to an aromatic ring is 1. The lowest BCUT2D eigenvalue weighted by molar-refractivity contribution is 0.159. The number of hydrogen-bond acceptors (Lipinski definition) is 3. The number of imidazole rings is 1. The molecule has 1 aromatic heterocycles. The highest BCUT2D eigenvalue weighted by molar-refractivity contribution is 6.31. The summed E-state index contributed by atoms with van der Waals surface area (Å²) in [6.07, 6.45) is 2.01. The number of hydrogen-bond donors (Lipinski definition) is 1. The zero-order valence-corrected chi connectivity index (χ0v) is 12.4. The Bertz CT molecular complexity index is 654. The molecule has 1 fully saturated rings. The second-order valence-electron chi connectivity index (χ2n) is 5.60. The maximum absolute atomic E-state index is 13.5. The van der Waals surface area contributed by atoms with E-state index in [9.17, 15) is 4.39 Å². The Kier molecular flexibility index (Phi) is 3.34. The van der Waals surface area contributed by atoms with Crippen molar-refractivity contribution in [2.75, 3.05) is 19.3 Å². The van der Waals surface area contributed by atoms with Gasteiger partial charge in [0.15, 0.2) is 0 Å². The third-order valence-corrected chi connectivity index (χ3v) is 4.59. The molecule has 6 heteroatoms. The zero-order valence-electron chi connectivity index (χ0n) is 11.6. The second kappa shape index (κ2) is 4.90. The average molecular weight is 297 g/mol. The van der Waals surface area contributed by atoms with Gasteiger partial charge in [0.25, 0.3) is 0 Å². The third kappa shape index (κ3) is 2.15.